The standard InChI is InChI=1S/C12H12BrN3O2/c13-9-2-1-8(6-14)10(5-9)16-11(17)12(15)3-4-18-7-12/h1-2,5H,3-4,7,15H2,(H,16,17). The summed E-state index contributed by atoms with van der Waals surface area (Å²) in [5.41, 5.74) is 5.79. The lowest BCUT2D eigenvalue weighted by Crippen LogP contribution is -2.51. The second-order valence-corrected chi connectivity index (χ2v) is 5.13. The highest BCUT2D eigenvalue weighted by Gasteiger charge is 2.38. The summed E-state index contributed by atoms with van der Waals surface area (Å²) in [6.07, 6.45) is 0.481. The Bertz CT molecular complexity index is 519. The van der Waals surface area contributed by atoms with E-state index in [1.807, 2.05) is 6.07 Å². The number of halogens is 1. The van der Waals surface area contributed by atoms with Gasteiger partial charge in [0.05, 0.1) is 17.9 Å². The van der Waals surface area contributed by atoms with Gasteiger partial charge in [-0.05, 0) is 24.6 Å². The lowest BCUT2D eigenvalue weighted by molar-refractivity contribution is -0.121. The first-order valence-corrected chi connectivity index (χ1v) is 6.22. The molecular formula is C12H12BrN3O2. The minimum absolute atomic E-state index is 0.203. The van der Waals surface area contributed by atoms with Gasteiger partial charge in [-0.15, -0.1) is 0 Å². The molecular weight excluding hydrogens is 298 g/mol. The predicted molar refractivity (Wildman–Crippen MR) is 69.8 cm³/mol. The average molecular weight is 310 g/mol. The summed E-state index contributed by atoms with van der Waals surface area (Å²) in [7, 11) is 0. The first-order valence-electron chi connectivity index (χ1n) is 5.43. The van der Waals surface area contributed by atoms with Crippen molar-refractivity contribution in [1.29, 1.82) is 5.26 Å². The third-order valence-electron chi connectivity index (χ3n) is 2.85. The number of amides is 1. The zero-order valence-corrected chi connectivity index (χ0v) is 11.2. The summed E-state index contributed by atoms with van der Waals surface area (Å²) in [6, 6.07) is 7.07. The van der Waals surface area contributed by atoms with E-state index < -0.39 is 5.54 Å². The van der Waals surface area contributed by atoms with Gasteiger partial charge in [0.15, 0.2) is 0 Å². The number of nitriles is 1. The maximum Gasteiger partial charge on any atom is 0.246 e. The molecule has 1 amide bonds. The molecule has 2 rings (SSSR count). The molecule has 18 heavy (non-hydrogen) atoms. The van der Waals surface area contributed by atoms with Crippen LogP contribution in [0.1, 0.15) is 12.0 Å². The molecule has 0 aromatic heterocycles. The molecule has 5 nitrogen and oxygen atoms in total. The summed E-state index contributed by atoms with van der Waals surface area (Å²) in [6.45, 7) is 0.683. The smallest absolute Gasteiger partial charge is 0.246 e. The van der Waals surface area contributed by atoms with Crippen LogP contribution in [0.2, 0.25) is 0 Å². The fourth-order valence-corrected chi connectivity index (χ4v) is 2.09. The van der Waals surface area contributed by atoms with E-state index in [4.69, 9.17) is 15.7 Å². The van der Waals surface area contributed by atoms with Gasteiger partial charge in [0.1, 0.15) is 11.6 Å². The SMILES string of the molecule is N#Cc1ccc(Br)cc1NC(=O)C1(N)CCOC1. The van der Waals surface area contributed by atoms with Crippen molar-refractivity contribution in [3.8, 4) is 6.07 Å². The zero-order chi connectivity index (χ0) is 13.2. The summed E-state index contributed by atoms with van der Waals surface area (Å²) in [5, 5.41) is 11.7. The van der Waals surface area contributed by atoms with E-state index >= 15 is 0 Å². The van der Waals surface area contributed by atoms with Crippen LogP contribution in [0, 0.1) is 11.3 Å². The number of carbonyl (C=O) groups is 1. The fourth-order valence-electron chi connectivity index (χ4n) is 1.72. The molecule has 1 aliphatic rings. The van der Waals surface area contributed by atoms with Crippen LogP contribution >= 0.6 is 15.9 Å². The van der Waals surface area contributed by atoms with Crippen LogP contribution in [0.5, 0.6) is 0 Å². The van der Waals surface area contributed by atoms with Gasteiger partial charge in [0.25, 0.3) is 0 Å². The minimum Gasteiger partial charge on any atom is -0.379 e. The van der Waals surface area contributed by atoms with Crippen molar-refractivity contribution in [2.24, 2.45) is 5.73 Å². The van der Waals surface area contributed by atoms with Crippen molar-refractivity contribution < 1.29 is 9.53 Å². The molecule has 1 aromatic rings. The van der Waals surface area contributed by atoms with Gasteiger partial charge in [-0.2, -0.15) is 5.26 Å². The van der Waals surface area contributed by atoms with Crippen molar-refractivity contribution in [2.75, 3.05) is 18.5 Å². The Hall–Kier alpha value is -1.42. The van der Waals surface area contributed by atoms with Crippen molar-refractivity contribution in [3.05, 3.63) is 28.2 Å². The number of nitrogens with zero attached hydrogens (tertiary/aromatic N) is 1. The molecule has 94 valence electrons. The van der Waals surface area contributed by atoms with Crippen LogP contribution in [-0.4, -0.2) is 24.7 Å². The van der Waals surface area contributed by atoms with E-state index in [9.17, 15) is 4.79 Å². The molecule has 1 saturated heterocycles. The molecule has 0 saturated carbocycles. The average Bonchev–Trinajstić information content (AvgIpc) is 2.78. The zero-order valence-electron chi connectivity index (χ0n) is 9.57. The lowest BCUT2D eigenvalue weighted by atomic mass is 9.99. The van der Waals surface area contributed by atoms with E-state index in [2.05, 4.69) is 21.2 Å². The van der Waals surface area contributed by atoms with Crippen LogP contribution in [0.4, 0.5) is 5.69 Å². The third kappa shape index (κ3) is 2.53. The number of rotatable bonds is 2. The first kappa shape index (κ1) is 13.0. The molecule has 6 heteroatoms. The molecule has 0 bridgehead atoms. The number of carbonyl (C=O) groups excluding carboxylic acids is 1. The maximum absolute atomic E-state index is 12.1. The van der Waals surface area contributed by atoms with Crippen LogP contribution < -0.4 is 11.1 Å². The molecule has 1 aliphatic heterocycles. The summed E-state index contributed by atoms with van der Waals surface area (Å²) < 4.78 is 5.92. The van der Waals surface area contributed by atoms with Gasteiger partial charge in [-0.25, -0.2) is 0 Å². The van der Waals surface area contributed by atoms with Crippen molar-refractivity contribution in [2.45, 2.75) is 12.0 Å². The maximum atomic E-state index is 12.1. The number of hydrogen-bond donors (Lipinski definition) is 2. The molecule has 0 spiro atoms. The fraction of sp³-hybridized carbons (Fsp3) is 0.333. The number of hydrogen-bond acceptors (Lipinski definition) is 4. The van der Waals surface area contributed by atoms with Gasteiger partial charge in [0, 0.05) is 11.1 Å². The van der Waals surface area contributed by atoms with Crippen LogP contribution in [0.15, 0.2) is 22.7 Å². The molecule has 1 atom stereocenters. The monoisotopic (exact) mass is 309 g/mol. The number of ether oxygens (including phenoxy) is 1. The van der Waals surface area contributed by atoms with Crippen molar-refractivity contribution in [1.82, 2.24) is 0 Å². The minimum atomic E-state index is -1.00. The Morgan fingerprint density at radius 3 is 3.00 bits per heavy atom. The Labute approximate surface area is 113 Å². The topological polar surface area (TPSA) is 88.1 Å². The van der Waals surface area contributed by atoms with E-state index in [1.54, 1.807) is 18.2 Å². The van der Waals surface area contributed by atoms with Gasteiger partial charge in [-0.3, -0.25) is 4.79 Å². The first-order chi connectivity index (χ1) is 8.55. The largest absolute Gasteiger partial charge is 0.379 e. The summed E-state index contributed by atoms with van der Waals surface area (Å²) in [4.78, 5) is 12.1. The summed E-state index contributed by atoms with van der Waals surface area (Å²) in [5.74, 6) is -0.324. The highest BCUT2D eigenvalue weighted by molar-refractivity contribution is 9.10. The Morgan fingerprint density at radius 2 is 2.39 bits per heavy atom. The lowest BCUT2D eigenvalue weighted by Gasteiger charge is -2.21. The predicted octanol–water partition coefficient (Wildman–Crippen LogP) is 1.38. The normalized spacial score (nSPS) is 22.5. The highest BCUT2D eigenvalue weighted by Crippen LogP contribution is 2.23. The summed E-state index contributed by atoms with van der Waals surface area (Å²) >= 11 is 3.30. The van der Waals surface area contributed by atoms with Crippen molar-refractivity contribution in [3.63, 3.8) is 0 Å². The van der Waals surface area contributed by atoms with E-state index in [0.29, 0.717) is 24.3 Å². The number of benzene rings is 1. The van der Waals surface area contributed by atoms with Gasteiger partial charge >= 0.3 is 0 Å². The molecule has 1 aromatic carbocycles. The number of nitrogens with one attached hydrogen (secondary N) is 1. The number of anilines is 1. The van der Waals surface area contributed by atoms with Gasteiger partial charge < -0.3 is 15.8 Å². The third-order valence-corrected chi connectivity index (χ3v) is 3.35. The van der Waals surface area contributed by atoms with Crippen LogP contribution in [0.3, 0.4) is 0 Å². The second-order valence-electron chi connectivity index (χ2n) is 4.21. The van der Waals surface area contributed by atoms with Crippen molar-refractivity contribution >= 4 is 27.5 Å². The second kappa shape index (κ2) is 5.06. The molecule has 1 heterocycles. The Morgan fingerprint density at radius 1 is 1.61 bits per heavy atom. The van der Waals surface area contributed by atoms with E-state index in [1.165, 1.54) is 0 Å². The van der Waals surface area contributed by atoms with Gasteiger partial charge in [-0.1, -0.05) is 15.9 Å². The van der Waals surface area contributed by atoms with Gasteiger partial charge in [0.2, 0.25) is 5.91 Å². The highest BCUT2D eigenvalue weighted by atomic mass is 79.9. The quantitative estimate of drug-likeness (QED) is 0.863. The van der Waals surface area contributed by atoms with E-state index in [-0.39, 0.29) is 12.5 Å². The van der Waals surface area contributed by atoms with Crippen LogP contribution in [0.25, 0.3) is 0 Å². The molecule has 1 fully saturated rings. The Kier molecular flexibility index (Phi) is 3.66. The molecule has 3 N–H and O–H groups in total. The number of nitrogens with two attached hydrogens (primary N) is 1. The van der Waals surface area contributed by atoms with Crippen LogP contribution in [-0.2, 0) is 9.53 Å². The molecule has 1 unspecified atom stereocenters. The van der Waals surface area contributed by atoms with E-state index in [0.717, 1.165) is 4.47 Å². The Balaban J connectivity index is 2.21. The molecule has 0 radical (unpaired) electrons. The molecule has 0 aliphatic carbocycles.